The normalized spacial score (nSPS) is 35.0. The van der Waals surface area contributed by atoms with Crippen molar-refractivity contribution >= 4 is 11.8 Å². The van der Waals surface area contributed by atoms with E-state index in [1.807, 2.05) is 25.7 Å². The smallest absolute Gasteiger partial charge is 0.249 e. The minimum absolute atomic E-state index is 0.0112. The molecule has 1 aliphatic heterocycles. The number of nitrogens with one attached hydrogen (secondary N) is 1. The van der Waals surface area contributed by atoms with Crippen molar-refractivity contribution in [3.8, 4) is 0 Å². The van der Waals surface area contributed by atoms with Gasteiger partial charge in [0.25, 0.3) is 0 Å². The number of carbonyl (C=O) groups excluding carboxylic acids is 2. The number of hydrogen-bond donors (Lipinski definition) is 1. The molecule has 3 aliphatic rings. The van der Waals surface area contributed by atoms with E-state index in [0.717, 1.165) is 25.7 Å². The van der Waals surface area contributed by atoms with Crippen LogP contribution in [0.15, 0.2) is 0 Å². The van der Waals surface area contributed by atoms with Crippen LogP contribution >= 0.6 is 0 Å². The molecule has 3 rings (SSSR count). The molecule has 2 amide bonds. The Labute approximate surface area is 121 Å². The summed E-state index contributed by atoms with van der Waals surface area (Å²) in [6.07, 6.45) is 7.80. The van der Waals surface area contributed by atoms with Crippen LogP contribution in [0.4, 0.5) is 0 Å². The molecule has 4 nitrogen and oxygen atoms in total. The molecule has 4 heteroatoms. The van der Waals surface area contributed by atoms with Gasteiger partial charge in [-0.05, 0) is 52.4 Å². The Morgan fingerprint density at radius 2 is 1.60 bits per heavy atom. The Morgan fingerprint density at radius 3 is 2.15 bits per heavy atom. The first kappa shape index (κ1) is 13.9. The summed E-state index contributed by atoms with van der Waals surface area (Å²) in [7, 11) is 0. The Morgan fingerprint density at radius 1 is 1.00 bits per heavy atom. The molecule has 0 bridgehead atoms. The first-order valence-corrected chi connectivity index (χ1v) is 8.04. The summed E-state index contributed by atoms with van der Waals surface area (Å²) >= 11 is 0. The monoisotopic (exact) mass is 278 g/mol. The molecule has 112 valence electrons. The fourth-order valence-electron chi connectivity index (χ4n) is 3.95. The Hall–Kier alpha value is -1.06. The highest BCUT2D eigenvalue weighted by Crippen LogP contribution is 2.45. The number of hydrogen-bond acceptors (Lipinski definition) is 2. The van der Waals surface area contributed by atoms with Crippen LogP contribution in [0, 0.1) is 5.92 Å². The van der Waals surface area contributed by atoms with Crippen LogP contribution < -0.4 is 5.32 Å². The highest BCUT2D eigenvalue weighted by atomic mass is 16.2. The van der Waals surface area contributed by atoms with Gasteiger partial charge in [0.15, 0.2) is 0 Å². The van der Waals surface area contributed by atoms with Gasteiger partial charge in [-0.15, -0.1) is 0 Å². The number of piperazine rings is 1. The molecule has 1 N–H and O–H groups in total. The summed E-state index contributed by atoms with van der Waals surface area (Å²) in [5.74, 6) is 0.495. The van der Waals surface area contributed by atoms with Crippen molar-refractivity contribution in [2.45, 2.75) is 82.8 Å². The lowest BCUT2D eigenvalue weighted by atomic mass is 9.81. The Bertz CT molecular complexity index is 436. The molecule has 1 heterocycles. The van der Waals surface area contributed by atoms with E-state index in [4.69, 9.17) is 0 Å². The van der Waals surface area contributed by atoms with E-state index in [2.05, 4.69) is 5.32 Å². The lowest BCUT2D eigenvalue weighted by molar-refractivity contribution is -0.165. The van der Waals surface area contributed by atoms with Crippen LogP contribution in [-0.4, -0.2) is 33.8 Å². The summed E-state index contributed by atoms with van der Waals surface area (Å²) in [6, 6.07) is 0.246. The van der Waals surface area contributed by atoms with Crippen LogP contribution in [0.5, 0.6) is 0 Å². The molecule has 2 aliphatic carbocycles. The molecule has 0 aromatic carbocycles. The zero-order valence-electron chi connectivity index (χ0n) is 12.9. The van der Waals surface area contributed by atoms with Gasteiger partial charge in [-0.25, -0.2) is 0 Å². The van der Waals surface area contributed by atoms with Gasteiger partial charge in [0.2, 0.25) is 11.8 Å². The van der Waals surface area contributed by atoms with Crippen molar-refractivity contribution in [1.29, 1.82) is 0 Å². The minimum atomic E-state index is -0.715. The second-order valence-corrected chi connectivity index (χ2v) is 7.46. The van der Waals surface area contributed by atoms with Crippen molar-refractivity contribution in [2.24, 2.45) is 5.92 Å². The molecule has 2 saturated carbocycles. The van der Waals surface area contributed by atoms with Crippen molar-refractivity contribution in [1.82, 2.24) is 10.2 Å². The highest BCUT2D eigenvalue weighted by molar-refractivity contribution is 6.02. The van der Waals surface area contributed by atoms with Gasteiger partial charge in [0, 0.05) is 6.04 Å². The van der Waals surface area contributed by atoms with Gasteiger partial charge in [-0.1, -0.05) is 19.3 Å². The number of carbonyl (C=O) groups is 2. The maximum Gasteiger partial charge on any atom is 0.249 e. The number of nitrogens with zero attached hydrogens (tertiary/aromatic N) is 1. The van der Waals surface area contributed by atoms with E-state index < -0.39 is 11.1 Å². The van der Waals surface area contributed by atoms with Crippen molar-refractivity contribution < 1.29 is 9.59 Å². The molecule has 1 saturated heterocycles. The average Bonchev–Trinajstić information content (AvgIpc) is 3.22. The largest absolute Gasteiger partial charge is 0.340 e. The molecule has 20 heavy (non-hydrogen) atoms. The fraction of sp³-hybridized carbons (Fsp3) is 0.875. The zero-order valence-corrected chi connectivity index (χ0v) is 12.9. The first-order chi connectivity index (χ1) is 9.37. The molecule has 3 fully saturated rings. The topological polar surface area (TPSA) is 49.4 Å². The molecular weight excluding hydrogens is 252 g/mol. The molecule has 0 aromatic heterocycles. The van der Waals surface area contributed by atoms with Gasteiger partial charge in [-0.3, -0.25) is 9.59 Å². The zero-order chi connectivity index (χ0) is 14.5. The third-order valence-corrected chi connectivity index (χ3v) is 5.53. The lowest BCUT2D eigenvalue weighted by Crippen LogP contribution is -2.75. The van der Waals surface area contributed by atoms with Crippen molar-refractivity contribution in [2.75, 3.05) is 0 Å². The van der Waals surface area contributed by atoms with Gasteiger partial charge in [-0.2, -0.15) is 0 Å². The van der Waals surface area contributed by atoms with Gasteiger partial charge < -0.3 is 10.2 Å². The molecule has 0 spiro atoms. The van der Waals surface area contributed by atoms with E-state index in [1.54, 1.807) is 0 Å². The molecule has 1 unspecified atom stereocenters. The summed E-state index contributed by atoms with van der Waals surface area (Å²) < 4.78 is 0. The molecular formula is C16H26N2O2. The van der Waals surface area contributed by atoms with Crippen molar-refractivity contribution in [3.63, 3.8) is 0 Å². The SMILES string of the molecule is CC1(C2CC2)NC(=O)C(C)(C)N(C2CCCCC2)C1=O. The summed E-state index contributed by atoms with van der Waals surface area (Å²) in [5.41, 5.74) is -1.38. The van der Waals surface area contributed by atoms with E-state index in [9.17, 15) is 9.59 Å². The molecule has 0 radical (unpaired) electrons. The van der Waals surface area contributed by atoms with Crippen LogP contribution in [0.2, 0.25) is 0 Å². The van der Waals surface area contributed by atoms with E-state index in [0.29, 0.717) is 5.92 Å². The predicted octanol–water partition coefficient (Wildman–Crippen LogP) is 2.22. The van der Waals surface area contributed by atoms with E-state index >= 15 is 0 Å². The van der Waals surface area contributed by atoms with E-state index in [-0.39, 0.29) is 17.9 Å². The van der Waals surface area contributed by atoms with Crippen LogP contribution in [0.3, 0.4) is 0 Å². The first-order valence-electron chi connectivity index (χ1n) is 8.04. The average molecular weight is 278 g/mol. The summed E-state index contributed by atoms with van der Waals surface area (Å²) in [4.78, 5) is 27.6. The lowest BCUT2D eigenvalue weighted by Gasteiger charge is -2.52. The quantitative estimate of drug-likeness (QED) is 0.842. The number of amides is 2. The molecule has 0 aromatic rings. The van der Waals surface area contributed by atoms with Gasteiger partial charge >= 0.3 is 0 Å². The maximum absolute atomic E-state index is 13.1. The second-order valence-electron chi connectivity index (χ2n) is 7.46. The maximum atomic E-state index is 13.1. The van der Waals surface area contributed by atoms with Crippen LogP contribution in [-0.2, 0) is 9.59 Å². The van der Waals surface area contributed by atoms with Crippen LogP contribution in [0.25, 0.3) is 0 Å². The minimum Gasteiger partial charge on any atom is -0.340 e. The summed E-state index contributed by atoms with van der Waals surface area (Å²) in [5, 5.41) is 3.03. The predicted molar refractivity (Wildman–Crippen MR) is 77.1 cm³/mol. The second kappa shape index (κ2) is 4.47. The van der Waals surface area contributed by atoms with Gasteiger partial charge in [0.05, 0.1) is 0 Å². The van der Waals surface area contributed by atoms with Crippen LogP contribution in [0.1, 0.15) is 65.7 Å². The fourth-order valence-corrected chi connectivity index (χ4v) is 3.95. The standard InChI is InChI=1S/C16H26N2O2/c1-15(2)13(19)17-16(3,11-9-10-11)14(20)18(15)12-7-5-4-6-8-12/h11-12H,4-10H2,1-3H3,(H,17,19). The van der Waals surface area contributed by atoms with E-state index in [1.165, 1.54) is 19.3 Å². The highest BCUT2D eigenvalue weighted by Gasteiger charge is 2.59. The number of rotatable bonds is 2. The third kappa shape index (κ3) is 1.95. The third-order valence-electron chi connectivity index (χ3n) is 5.53. The van der Waals surface area contributed by atoms with Crippen molar-refractivity contribution in [3.05, 3.63) is 0 Å². The van der Waals surface area contributed by atoms with Gasteiger partial charge in [0.1, 0.15) is 11.1 Å². The Kier molecular flexibility index (Phi) is 3.11. The molecule has 1 atom stereocenters. The summed E-state index contributed by atoms with van der Waals surface area (Å²) in [6.45, 7) is 5.71. The Balaban J connectivity index is 1.93.